The summed E-state index contributed by atoms with van der Waals surface area (Å²) in [6.45, 7) is 10.9. The topological polar surface area (TPSA) is 37.4 Å². The van der Waals surface area contributed by atoms with Crippen molar-refractivity contribution in [3.8, 4) is 0 Å². The maximum absolute atomic E-state index is 13.1. The summed E-state index contributed by atoms with van der Waals surface area (Å²) in [7, 11) is 0. The van der Waals surface area contributed by atoms with Crippen molar-refractivity contribution in [2.24, 2.45) is 0 Å². The van der Waals surface area contributed by atoms with Crippen LogP contribution in [0.3, 0.4) is 0 Å². The number of thioether (sulfide) groups is 1. The van der Waals surface area contributed by atoms with Gasteiger partial charge in [-0.25, -0.2) is 0 Å². The largest absolute Gasteiger partial charge is 0.274 e. The molecule has 0 radical (unpaired) electrons. The van der Waals surface area contributed by atoms with Crippen LogP contribution < -0.4 is 0 Å². The fourth-order valence-electron chi connectivity index (χ4n) is 3.48. The summed E-state index contributed by atoms with van der Waals surface area (Å²) in [5, 5.41) is 0.256. The van der Waals surface area contributed by atoms with Crippen molar-refractivity contribution in [3.63, 3.8) is 0 Å². The molecule has 1 aromatic carbocycles. The lowest BCUT2D eigenvalue weighted by Crippen LogP contribution is -2.32. The van der Waals surface area contributed by atoms with Crippen molar-refractivity contribution in [1.29, 1.82) is 0 Å². The predicted molar refractivity (Wildman–Crippen MR) is 116 cm³/mol. The lowest BCUT2D eigenvalue weighted by Gasteiger charge is -2.15. The van der Waals surface area contributed by atoms with Crippen LogP contribution >= 0.6 is 11.8 Å². The number of hydrogen-bond acceptors (Lipinski definition) is 3. The van der Waals surface area contributed by atoms with Crippen molar-refractivity contribution >= 4 is 29.1 Å². The number of unbranched alkanes of at least 4 members (excludes halogenated alkanes) is 5. The zero-order valence-electron chi connectivity index (χ0n) is 17.4. The number of benzene rings is 1. The molecule has 0 spiro atoms. The molecule has 148 valence electrons. The van der Waals surface area contributed by atoms with Gasteiger partial charge in [0.1, 0.15) is 0 Å². The number of nitrogens with zero attached hydrogens (tertiary/aromatic N) is 1. The van der Waals surface area contributed by atoms with Gasteiger partial charge in [-0.2, -0.15) is 0 Å². The first kappa shape index (κ1) is 21.7. The van der Waals surface area contributed by atoms with Crippen molar-refractivity contribution in [3.05, 3.63) is 39.8 Å². The molecular formula is C23H33NO2S. The lowest BCUT2D eigenvalue weighted by molar-refractivity contribution is -0.136. The average molecular weight is 388 g/mol. The van der Waals surface area contributed by atoms with Gasteiger partial charge < -0.3 is 0 Å². The number of aryl methyl sites for hydroxylation is 2. The Bertz CT molecular complexity index is 721. The molecule has 1 aliphatic rings. The minimum Gasteiger partial charge on any atom is -0.274 e. The van der Waals surface area contributed by atoms with E-state index >= 15 is 0 Å². The minimum absolute atomic E-state index is 0.109. The summed E-state index contributed by atoms with van der Waals surface area (Å²) >= 11 is 1.51. The Labute approximate surface area is 168 Å². The van der Waals surface area contributed by atoms with Crippen molar-refractivity contribution in [1.82, 2.24) is 4.90 Å². The Kier molecular flexibility index (Phi) is 8.15. The highest BCUT2D eigenvalue weighted by atomic mass is 32.2. The van der Waals surface area contributed by atoms with E-state index in [0.29, 0.717) is 17.0 Å². The fourth-order valence-corrected chi connectivity index (χ4v) is 4.48. The summed E-state index contributed by atoms with van der Waals surface area (Å²) in [6, 6.07) is 6.08. The number of hydrogen-bond donors (Lipinski definition) is 0. The molecule has 1 aromatic rings. The van der Waals surface area contributed by atoms with E-state index < -0.39 is 0 Å². The molecule has 0 fully saturated rings. The molecule has 0 aromatic heterocycles. The maximum atomic E-state index is 13.1. The Morgan fingerprint density at radius 2 is 1.63 bits per heavy atom. The first-order valence-electron chi connectivity index (χ1n) is 10.2. The van der Waals surface area contributed by atoms with E-state index in [0.717, 1.165) is 29.5 Å². The molecule has 0 saturated heterocycles. The van der Waals surface area contributed by atoms with Gasteiger partial charge in [0.25, 0.3) is 11.8 Å². The molecule has 0 bridgehead atoms. The van der Waals surface area contributed by atoms with Gasteiger partial charge in [-0.1, -0.05) is 76.6 Å². The third-order valence-corrected chi connectivity index (χ3v) is 5.95. The molecule has 0 saturated carbocycles. The third-order valence-electron chi connectivity index (χ3n) is 4.87. The van der Waals surface area contributed by atoms with Gasteiger partial charge in [0.05, 0.1) is 10.5 Å². The molecule has 1 aliphatic heterocycles. The zero-order valence-corrected chi connectivity index (χ0v) is 18.2. The van der Waals surface area contributed by atoms with E-state index in [9.17, 15) is 9.59 Å². The molecule has 0 unspecified atom stereocenters. The fraction of sp³-hybridized carbons (Fsp3) is 0.565. The van der Waals surface area contributed by atoms with Crippen LogP contribution in [0.15, 0.2) is 23.1 Å². The van der Waals surface area contributed by atoms with Crippen molar-refractivity contribution < 1.29 is 9.59 Å². The van der Waals surface area contributed by atoms with Gasteiger partial charge in [-0.15, -0.1) is 11.8 Å². The molecule has 3 nitrogen and oxygen atoms in total. The summed E-state index contributed by atoms with van der Waals surface area (Å²) < 4.78 is 0. The maximum Gasteiger partial charge on any atom is 0.267 e. The summed E-state index contributed by atoms with van der Waals surface area (Å²) in [5.74, 6) is -0.231. The second-order valence-electron chi connectivity index (χ2n) is 7.72. The molecule has 4 heteroatoms. The Morgan fingerprint density at radius 1 is 0.963 bits per heavy atom. The van der Waals surface area contributed by atoms with E-state index in [4.69, 9.17) is 0 Å². The van der Waals surface area contributed by atoms with Gasteiger partial charge in [0.15, 0.2) is 0 Å². The first-order valence-corrected chi connectivity index (χ1v) is 11.1. The van der Waals surface area contributed by atoms with E-state index in [1.807, 2.05) is 26.0 Å². The first-order chi connectivity index (χ1) is 12.9. The Hall–Kier alpha value is -1.55. The van der Waals surface area contributed by atoms with Crippen LogP contribution in [0.5, 0.6) is 0 Å². The SMILES string of the molecule is CCCCCCCCN1C(=O)C(SC(C)C)=C(c2ccc(C)cc2C)C1=O. The molecule has 2 rings (SSSR count). The Balaban J connectivity index is 2.20. The second-order valence-corrected chi connectivity index (χ2v) is 9.31. The highest BCUT2D eigenvalue weighted by molar-refractivity contribution is 8.04. The monoisotopic (exact) mass is 387 g/mol. The van der Waals surface area contributed by atoms with Crippen LogP contribution in [0.2, 0.25) is 0 Å². The predicted octanol–water partition coefficient (Wildman–Crippen LogP) is 5.89. The van der Waals surface area contributed by atoms with Crippen LogP contribution in [-0.2, 0) is 9.59 Å². The van der Waals surface area contributed by atoms with E-state index in [-0.39, 0.29) is 17.1 Å². The average Bonchev–Trinajstić information content (AvgIpc) is 2.82. The molecule has 0 N–H and O–H groups in total. The molecule has 1 heterocycles. The zero-order chi connectivity index (χ0) is 20.0. The normalized spacial score (nSPS) is 14.8. The van der Waals surface area contributed by atoms with Crippen LogP contribution in [0.1, 0.15) is 76.0 Å². The number of carbonyl (C=O) groups is 2. The molecule has 27 heavy (non-hydrogen) atoms. The molecule has 0 aliphatic carbocycles. The van der Waals surface area contributed by atoms with Crippen LogP contribution in [0.25, 0.3) is 5.57 Å². The van der Waals surface area contributed by atoms with Gasteiger partial charge in [-0.05, 0) is 31.4 Å². The number of rotatable bonds is 10. The summed E-state index contributed by atoms with van der Waals surface area (Å²) in [6.07, 6.45) is 6.86. The van der Waals surface area contributed by atoms with Gasteiger partial charge in [0.2, 0.25) is 0 Å². The minimum atomic E-state index is -0.122. The highest BCUT2D eigenvalue weighted by Crippen LogP contribution is 2.39. The van der Waals surface area contributed by atoms with Crippen molar-refractivity contribution in [2.45, 2.75) is 78.4 Å². The standard InChI is InChI=1S/C23H33NO2S/c1-6-7-8-9-10-11-14-24-22(25)20(21(23(24)26)27-16(2)3)19-13-12-17(4)15-18(19)5/h12-13,15-16H,6-11,14H2,1-5H3. The molecule has 0 atom stereocenters. The molecular weight excluding hydrogens is 354 g/mol. The van der Waals surface area contributed by atoms with Gasteiger partial charge in [-0.3, -0.25) is 14.5 Å². The van der Waals surface area contributed by atoms with Crippen LogP contribution in [0, 0.1) is 13.8 Å². The summed E-state index contributed by atoms with van der Waals surface area (Å²) in [4.78, 5) is 28.2. The van der Waals surface area contributed by atoms with E-state index in [1.165, 1.54) is 42.3 Å². The smallest absolute Gasteiger partial charge is 0.267 e. The number of carbonyl (C=O) groups excluding carboxylic acids is 2. The highest BCUT2D eigenvalue weighted by Gasteiger charge is 2.39. The van der Waals surface area contributed by atoms with Gasteiger partial charge in [0, 0.05) is 11.8 Å². The van der Waals surface area contributed by atoms with E-state index in [1.54, 1.807) is 0 Å². The summed E-state index contributed by atoms with van der Waals surface area (Å²) in [5.41, 5.74) is 3.71. The van der Waals surface area contributed by atoms with E-state index in [2.05, 4.69) is 26.8 Å². The van der Waals surface area contributed by atoms with Crippen LogP contribution in [0.4, 0.5) is 0 Å². The quantitative estimate of drug-likeness (QED) is 0.371. The lowest BCUT2D eigenvalue weighted by atomic mass is 9.99. The number of amides is 2. The molecule has 2 amide bonds. The number of imide groups is 1. The Morgan fingerprint density at radius 3 is 2.26 bits per heavy atom. The second kappa shape index (κ2) is 10.1. The van der Waals surface area contributed by atoms with Crippen molar-refractivity contribution in [2.75, 3.05) is 6.54 Å². The van der Waals surface area contributed by atoms with Gasteiger partial charge >= 0.3 is 0 Å². The van der Waals surface area contributed by atoms with Crippen LogP contribution in [-0.4, -0.2) is 28.5 Å². The third kappa shape index (κ3) is 5.47.